The Morgan fingerprint density at radius 1 is 0.939 bits per heavy atom. The average molecular weight is 448 g/mol. The van der Waals surface area contributed by atoms with E-state index in [1.165, 1.54) is 0 Å². The minimum Gasteiger partial charge on any atom is -0.454 e. The molecule has 4 rings (SSSR count). The summed E-state index contributed by atoms with van der Waals surface area (Å²) in [4.78, 5) is 30.2. The second-order valence-electron chi connectivity index (χ2n) is 8.14. The van der Waals surface area contributed by atoms with E-state index < -0.39 is 0 Å². The molecule has 0 saturated carbocycles. The second-order valence-corrected chi connectivity index (χ2v) is 8.14. The van der Waals surface area contributed by atoms with Gasteiger partial charge in [-0.2, -0.15) is 0 Å². The molecule has 0 aliphatic carbocycles. The van der Waals surface area contributed by atoms with Crippen molar-refractivity contribution >= 4 is 11.8 Å². The fraction of sp³-hybridized carbons (Fsp3) is 0.308. The Bertz CT molecular complexity index is 1110. The van der Waals surface area contributed by atoms with Gasteiger partial charge in [0.05, 0.1) is 6.54 Å². The molecule has 0 spiro atoms. The van der Waals surface area contributed by atoms with E-state index in [4.69, 9.17) is 9.47 Å². The first kappa shape index (κ1) is 22.5. The van der Waals surface area contributed by atoms with Crippen LogP contribution in [0.15, 0.2) is 66.9 Å². The third-order valence-corrected chi connectivity index (χ3v) is 5.70. The number of carbonyl (C=O) groups excluding carboxylic acids is 2. The summed E-state index contributed by atoms with van der Waals surface area (Å²) >= 11 is 0. The number of hydrogen-bond donors (Lipinski definition) is 0. The Balaban J connectivity index is 1.53. The molecule has 0 saturated heterocycles. The zero-order valence-corrected chi connectivity index (χ0v) is 19.1. The maximum atomic E-state index is 13.5. The van der Waals surface area contributed by atoms with Gasteiger partial charge in [-0.3, -0.25) is 9.59 Å². The number of aryl methyl sites for hydroxylation is 1. The SMILES string of the molecule is CCCN(CC(=O)N(Cc1ccccc1)Cc1cccn1C)C(=O)c1ccc2c(c1)OCO2. The molecule has 172 valence electrons. The first-order valence-electron chi connectivity index (χ1n) is 11.2. The van der Waals surface area contributed by atoms with E-state index in [0.717, 1.165) is 17.7 Å². The zero-order chi connectivity index (χ0) is 23.2. The maximum absolute atomic E-state index is 13.5. The first-order chi connectivity index (χ1) is 16.0. The molecule has 7 heteroatoms. The van der Waals surface area contributed by atoms with Crippen molar-refractivity contribution in [1.82, 2.24) is 14.4 Å². The molecule has 0 unspecified atom stereocenters. The smallest absolute Gasteiger partial charge is 0.254 e. The summed E-state index contributed by atoms with van der Waals surface area (Å²) in [6, 6.07) is 19.0. The van der Waals surface area contributed by atoms with Crippen LogP contribution in [0.1, 0.15) is 35.0 Å². The van der Waals surface area contributed by atoms with E-state index in [2.05, 4.69) is 0 Å². The van der Waals surface area contributed by atoms with Crippen molar-refractivity contribution < 1.29 is 19.1 Å². The lowest BCUT2D eigenvalue weighted by Crippen LogP contribution is -2.43. The molecule has 1 aliphatic rings. The third-order valence-electron chi connectivity index (χ3n) is 5.70. The van der Waals surface area contributed by atoms with Crippen LogP contribution in [0.3, 0.4) is 0 Å². The molecule has 7 nitrogen and oxygen atoms in total. The van der Waals surface area contributed by atoms with Crippen molar-refractivity contribution in [3.8, 4) is 11.5 Å². The van der Waals surface area contributed by atoms with Crippen LogP contribution in [0, 0.1) is 0 Å². The lowest BCUT2D eigenvalue weighted by molar-refractivity contribution is -0.133. The van der Waals surface area contributed by atoms with Crippen LogP contribution in [0.2, 0.25) is 0 Å². The minimum absolute atomic E-state index is 0.0123. The third kappa shape index (κ3) is 5.37. The van der Waals surface area contributed by atoms with Crippen LogP contribution in [0.25, 0.3) is 0 Å². The maximum Gasteiger partial charge on any atom is 0.254 e. The molecular formula is C26H29N3O4. The monoisotopic (exact) mass is 447 g/mol. The van der Waals surface area contributed by atoms with Gasteiger partial charge in [-0.05, 0) is 42.3 Å². The molecule has 1 aromatic heterocycles. The Labute approximate surface area is 194 Å². The Hall–Kier alpha value is -3.74. The lowest BCUT2D eigenvalue weighted by atomic mass is 10.1. The quantitative estimate of drug-likeness (QED) is 0.500. The molecule has 33 heavy (non-hydrogen) atoms. The van der Waals surface area contributed by atoms with E-state index in [-0.39, 0.29) is 25.2 Å². The van der Waals surface area contributed by atoms with Gasteiger partial charge in [0.1, 0.15) is 6.54 Å². The summed E-state index contributed by atoms with van der Waals surface area (Å²) < 4.78 is 12.8. The molecule has 2 heterocycles. The summed E-state index contributed by atoms with van der Waals surface area (Å²) in [6.07, 6.45) is 2.72. The first-order valence-corrected chi connectivity index (χ1v) is 11.2. The van der Waals surface area contributed by atoms with Crippen molar-refractivity contribution in [2.75, 3.05) is 19.9 Å². The topological polar surface area (TPSA) is 64.0 Å². The van der Waals surface area contributed by atoms with E-state index in [1.54, 1.807) is 28.0 Å². The van der Waals surface area contributed by atoms with Crippen molar-refractivity contribution in [2.45, 2.75) is 26.4 Å². The molecule has 2 aromatic carbocycles. The predicted molar refractivity (Wildman–Crippen MR) is 125 cm³/mol. The summed E-state index contributed by atoms with van der Waals surface area (Å²) in [5.74, 6) is 0.893. The van der Waals surface area contributed by atoms with Crippen molar-refractivity contribution in [1.29, 1.82) is 0 Å². The molecule has 0 fully saturated rings. The predicted octanol–water partition coefficient (Wildman–Crippen LogP) is 3.84. The highest BCUT2D eigenvalue weighted by Crippen LogP contribution is 2.32. The Morgan fingerprint density at radius 3 is 2.45 bits per heavy atom. The lowest BCUT2D eigenvalue weighted by Gasteiger charge is -2.28. The summed E-state index contributed by atoms with van der Waals surface area (Å²) in [5, 5.41) is 0. The second kappa shape index (κ2) is 10.3. The van der Waals surface area contributed by atoms with Gasteiger partial charge in [-0.1, -0.05) is 37.3 Å². The minimum atomic E-state index is -0.193. The zero-order valence-electron chi connectivity index (χ0n) is 19.1. The van der Waals surface area contributed by atoms with Crippen LogP contribution in [0.4, 0.5) is 0 Å². The molecule has 0 N–H and O–H groups in total. The normalized spacial score (nSPS) is 11.9. The number of nitrogens with zero attached hydrogens (tertiary/aromatic N) is 3. The summed E-state index contributed by atoms with van der Waals surface area (Å²) in [5.41, 5.74) is 2.56. The van der Waals surface area contributed by atoms with Gasteiger partial charge in [0, 0.05) is 37.6 Å². The highest BCUT2D eigenvalue weighted by atomic mass is 16.7. The highest BCUT2D eigenvalue weighted by molar-refractivity contribution is 5.97. The van der Waals surface area contributed by atoms with Gasteiger partial charge < -0.3 is 23.8 Å². The van der Waals surface area contributed by atoms with Crippen molar-refractivity contribution in [2.24, 2.45) is 7.05 Å². The highest BCUT2D eigenvalue weighted by Gasteiger charge is 2.24. The number of amides is 2. The van der Waals surface area contributed by atoms with Crippen LogP contribution in [-0.4, -0.2) is 46.1 Å². The molecule has 1 aliphatic heterocycles. The number of benzene rings is 2. The summed E-state index contributed by atoms with van der Waals surface area (Å²) in [6.45, 7) is 3.59. The standard InChI is InChI=1S/C26H29N3O4/c1-3-13-28(26(31)21-11-12-23-24(15-21)33-19-32-23)18-25(30)29(16-20-8-5-4-6-9-20)17-22-10-7-14-27(22)2/h4-12,14-15H,3,13,16-19H2,1-2H3. The van der Waals surface area contributed by atoms with Gasteiger partial charge in [-0.15, -0.1) is 0 Å². The Morgan fingerprint density at radius 2 is 1.73 bits per heavy atom. The van der Waals surface area contributed by atoms with Crippen LogP contribution in [-0.2, 0) is 24.9 Å². The van der Waals surface area contributed by atoms with E-state index in [0.29, 0.717) is 36.7 Å². The van der Waals surface area contributed by atoms with Gasteiger partial charge in [0.25, 0.3) is 5.91 Å². The largest absolute Gasteiger partial charge is 0.454 e. The van der Waals surface area contributed by atoms with E-state index in [1.807, 2.05) is 67.2 Å². The number of fused-ring (bicyclic) bond motifs is 1. The fourth-order valence-electron chi connectivity index (χ4n) is 3.89. The van der Waals surface area contributed by atoms with Crippen LogP contribution in [0.5, 0.6) is 11.5 Å². The van der Waals surface area contributed by atoms with Gasteiger partial charge >= 0.3 is 0 Å². The molecule has 0 radical (unpaired) electrons. The van der Waals surface area contributed by atoms with Crippen molar-refractivity contribution in [3.63, 3.8) is 0 Å². The number of ether oxygens (including phenoxy) is 2. The van der Waals surface area contributed by atoms with Crippen molar-refractivity contribution in [3.05, 3.63) is 83.7 Å². The number of aromatic nitrogens is 1. The molecule has 0 atom stereocenters. The number of rotatable bonds is 9. The number of hydrogen-bond acceptors (Lipinski definition) is 4. The van der Waals surface area contributed by atoms with Crippen LogP contribution >= 0.6 is 0 Å². The number of carbonyl (C=O) groups is 2. The van der Waals surface area contributed by atoms with Gasteiger partial charge in [-0.25, -0.2) is 0 Å². The molecule has 3 aromatic rings. The van der Waals surface area contributed by atoms with E-state index >= 15 is 0 Å². The fourth-order valence-corrected chi connectivity index (χ4v) is 3.89. The summed E-state index contributed by atoms with van der Waals surface area (Å²) in [7, 11) is 1.97. The molecule has 2 amide bonds. The Kier molecular flexibility index (Phi) is 6.98. The molecular weight excluding hydrogens is 418 g/mol. The molecule has 0 bridgehead atoms. The van der Waals surface area contributed by atoms with Gasteiger partial charge in [0.15, 0.2) is 11.5 Å². The van der Waals surface area contributed by atoms with Crippen LogP contribution < -0.4 is 9.47 Å². The average Bonchev–Trinajstić information content (AvgIpc) is 3.46. The van der Waals surface area contributed by atoms with E-state index in [9.17, 15) is 9.59 Å². The van der Waals surface area contributed by atoms with Gasteiger partial charge in [0.2, 0.25) is 12.7 Å².